The third-order valence-electron chi connectivity index (χ3n) is 19.1. The van der Waals surface area contributed by atoms with Crippen LogP contribution in [0.3, 0.4) is 0 Å². The van der Waals surface area contributed by atoms with Gasteiger partial charge in [0.2, 0.25) is 0 Å². The molecule has 3 N–H and O–H groups in total. The summed E-state index contributed by atoms with van der Waals surface area (Å²) in [4.78, 5) is 26.1. The molecule has 0 bridgehead atoms. The Hall–Kier alpha value is -2.88. The number of fused-ring (bicyclic) bond motifs is 7. The molecule has 13 heteroatoms. The number of benzene rings is 1. The lowest BCUT2D eigenvalue weighted by molar-refractivity contribution is -0.338. The van der Waals surface area contributed by atoms with Gasteiger partial charge in [-0.25, -0.2) is 4.79 Å². The van der Waals surface area contributed by atoms with Crippen molar-refractivity contribution < 1.29 is 62.8 Å². The Bertz CT molecular complexity index is 1940. The maximum absolute atomic E-state index is 13.3. The average molecular weight is 923 g/mol. The Morgan fingerprint density at radius 1 is 0.773 bits per heavy atom. The summed E-state index contributed by atoms with van der Waals surface area (Å²) in [5, 5.41) is 33.1. The third-order valence-corrected chi connectivity index (χ3v) is 19.1. The highest BCUT2D eigenvalue weighted by Gasteiger charge is 2.71. The first-order valence-electron chi connectivity index (χ1n) is 24.7. The van der Waals surface area contributed by atoms with Gasteiger partial charge in [-0.15, -0.1) is 6.58 Å². The van der Waals surface area contributed by atoms with E-state index in [0.29, 0.717) is 48.6 Å². The van der Waals surface area contributed by atoms with Crippen molar-refractivity contribution in [2.45, 2.75) is 168 Å². The Morgan fingerprint density at radius 2 is 1.48 bits per heavy atom. The zero-order valence-corrected chi connectivity index (χ0v) is 40.7. The highest BCUT2D eigenvalue weighted by Crippen LogP contribution is 2.77. The molecule has 66 heavy (non-hydrogen) atoms. The summed E-state index contributed by atoms with van der Waals surface area (Å²) >= 11 is 0. The number of carbonyl (C=O) groups is 2. The second kappa shape index (κ2) is 18.8. The van der Waals surface area contributed by atoms with E-state index < -0.39 is 61.1 Å². The predicted molar refractivity (Wildman–Crippen MR) is 245 cm³/mol. The molecule has 2 heterocycles. The smallest absolute Gasteiger partial charge is 0.338 e. The van der Waals surface area contributed by atoms with Gasteiger partial charge in [0.25, 0.3) is 0 Å². The molecule has 0 amide bonds. The van der Waals surface area contributed by atoms with Crippen molar-refractivity contribution in [3.05, 3.63) is 54.6 Å². The minimum absolute atomic E-state index is 0.0788. The monoisotopic (exact) mass is 923 g/mol. The van der Waals surface area contributed by atoms with Crippen LogP contribution in [0.25, 0.3) is 0 Å². The molecule has 1 aromatic carbocycles. The van der Waals surface area contributed by atoms with E-state index in [2.05, 4.69) is 54.7 Å². The Balaban J connectivity index is 1.02. The van der Waals surface area contributed by atoms with Crippen LogP contribution in [-0.2, 0) is 38.0 Å². The first kappa shape index (κ1) is 49.5. The molecule has 5 aliphatic carbocycles. The topological polar surface area (TPSA) is 169 Å². The van der Waals surface area contributed by atoms with Crippen molar-refractivity contribution in [2.24, 2.45) is 56.7 Å². The van der Waals surface area contributed by atoms with E-state index in [4.69, 9.17) is 37.9 Å². The summed E-state index contributed by atoms with van der Waals surface area (Å²) in [6, 6.07) is 6.21. The summed E-state index contributed by atoms with van der Waals surface area (Å²) in [5.74, 6) is 1.46. The molecule has 0 aromatic heterocycles. The number of carbonyl (C=O) groups excluding carboxylic acids is 2. The summed E-state index contributed by atoms with van der Waals surface area (Å²) in [5.41, 5.74) is 1.80. The van der Waals surface area contributed by atoms with Gasteiger partial charge in [0.15, 0.2) is 24.8 Å². The number of aliphatic hydroxyl groups is 3. The van der Waals surface area contributed by atoms with Crippen LogP contribution < -0.4 is 4.74 Å². The summed E-state index contributed by atoms with van der Waals surface area (Å²) < 4.78 is 48.4. The van der Waals surface area contributed by atoms with Crippen molar-refractivity contribution in [2.75, 3.05) is 33.5 Å². The Labute approximate surface area is 392 Å². The van der Waals surface area contributed by atoms with Crippen molar-refractivity contribution in [1.29, 1.82) is 0 Å². The normalized spacial score (nSPS) is 45.0. The van der Waals surface area contributed by atoms with Crippen LogP contribution >= 0.6 is 0 Å². The van der Waals surface area contributed by atoms with E-state index in [1.54, 1.807) is 12.1 Å². The Morgan fingerprint density at radius 3 is 2.17 bits per heavy atom. The quantitative estimate of drug-likeness (QED) is 0.131. The van der Waals surface area contributed by atoms with E-state index in [1.165, 1.54) is 57.4 Å². The van der Waals surface area contributed by atoms with Gasteiger partial charge in [-0.3, -0.25) is 4.79 Å². The lowest BCUT2D eigenvalue weighted by Crippen LogP contribution is -2.67. The number of ether oxygens (including phenoxy) is 8. The van der Waals surface area contributed by atoms with Crippen LogP contribution in [0.2, 0.25) is 0 Å². The molecule has 13 nitrogen and oxygen atoms in total. The van der Waals surface area contributed by atoms with Crippen LogP contribution in [0, 0.1) is 56.7 Å². The molecule has 7 fully saturated rings. The zero-order chi connectivity index (χ0) is 47.6. The van der Waals surface area contributed by atoms with Crippen LogP contribution in [0.5, 0.6) is 5.75 Å². The molecule has 0 radical (unpaired) electrons. The lowest BCUT2D eigenvalue weighted by Gasteiger charge is -2.73. The second-order valence-corrected chi connectivity index (χ2v) is 22.6. The van der Waals surface area contributed by atoms with Gasteiger partial charge in [-0.2, -0.15) is 0 Å². The molecule has 0 spiro atoms. The van der Waals surface area contributed by atoms with Crippen molar-refractivity contribution in [3.63, 3.8) is 0 Å². The number of methoxy groups -OCH3 is 1. The molecule has 1 aromatic rings. The molecular weight excluding hydrogens is 845 g/mol. The van der Waals surface area contributed by atoms with Gasteiger partial charge in [0.05, 0.1) is 45.2 Å². The van der Waals surface area contributed by atoms with Crippen LogP contribution in [0.1, 0.15) is 123 Å². The number of allylic oxidation sites excluding steroid dienone is 1. The Kier molecular flexibility index (Phi) is 14.1. The van der Waals surface area contributed by atoms with Crippen LogP contribution in [0.4, 0.5) is 0 Å². The van der Waals surface area contributed by atoms with Crippen LogP contribution in [0.15, 0.2) is 49.1 Å². The first-order valence-corrected chi connectivity index (χ1v) is 24.7. The minimum Gasteiger partial charge on any atom is -0.497 e. The number of aliphatic hydroxyl groups excluding tert-OH is 3. The van der Waals surface area contributed by atoms with E-state index in [-0.39, 0.29) is 52.0 Å². The van der Waals surface area contributed by atoms with Gasteiger partial charge in [0.1, 0.15) is 30.2 Å². The summed E-state index contributed by atoms with van der Waals surface area (Å²) in [6.07, 6.45) is 2.42. The summed E-state index contributed by atoms with van der Waals surface area (Å²) in [7, 11) is 1.51. The number of hydrogen-bond donors (Lipinski definition) is 3. The molecule has 0 unspecified atom stereocenters. The van der Waals surface area contributed by atoms with Gasteiger partial charge >= 0.3 is 11.9 Å². The molecule has 18 atom stereocenters. The molecular formula is C53H78O13. The molecule has 5 saturated carbocycles. The van der Waals surface area contributed by atoms with Gasteiger partial charge in [-0.1, -0.05) is 52.8 Å². The zero-order valence-electron chi connectivity index (χ0n) is 40.7. The SMILES string of the molecule is C=CCO[C@H]1CC[C@]2(C)[C@H]3CC[C@@H]4[C@H]5[C@H](C(=C)C)CC[C@]5(CO[C@@H]5OC[C@H](O)[C@H](O[C@@H]6OC[C@@H](O)[C@H](O)[C@H]6OC(=O)c6ccc(OC)cc6)[C@H]5OC(C)=O)CC[C@@]4(C)[C@]3(C)CC[C@H]2C1(C)C. The first-order chi connectivity index (χ1) is 31.2. The fourth-order valence-corrected chi connectivity index (χ4v) is 15.7. The van der Waals surface area contributed by atoms with E-state index in [0.717, 1.165) is 38.5 Å². The van der Waals surface area contributed by atoms with Gasteiger partial charge in [-0.05, 0) is 152 Å². The molecule has 2 saturated heterocycles. The molecule has 8 rings (SSSR count). The summed E-state index contributed by atoms with van der Waals surface area (Å²) in [6.45, 7) is 25.2. The maximum Gasteiger partial charge on any atom is 0.338 e. The molecule has 368 valence electrons. The van der Waals surface area contributed by atoms with Crippen molar-refractivity contribution in [1.82, 2.24) is 0 Å². The van der Waals surface area contributed by atoms with Crippen molar-refractivity contribution >= 4 is 11.9 Å². The fraction of sp³-hybridized carbons (Fsp3) is 0.774. The number of esters is 2. The second-order valence-electron chi connectivity index (χ2n) is 22.6. The van der Waals surface area contributed by atoms with Gasteiger partial charge in [0, 0.05) is 6.92 Å². The molecule has 7 aliphatic rings. The van der Waals surface area contributed by atoms with Gasteiger partial charge < -0.3 is 53.2 Å². The number of rotatable bonds is 13. The third kappa shape index (κ3) is 8.41. The predicted octanol–water partition coefficient (Wildman–Crippen LogP) is 7.58. The lowest BCUT2D eigenvalue weighted by atomic mass is 9.32. The minimum atomic E-state index is -1.59. The molecule has 2 aliphatic heterocycles. The van der Waals surface area contributed by atoms with E-state index in [1.807, 2.05) is 6.08 Å². The van der Waals surface area contributed by atoms with Crippen molar-refractivity contribution in [3.8, 4) is 5.75 Å². The highest BCUT2D eigenvalue weighted by molar-refractivity contribution is 5.89. The highest BCUT2D eigenvalue weighted by atomic mass is 16.7. The van der Waals surface area contributed by atoms with Crippen LogP contribution in [-0.4, -0.2) is 116 Å². The van der Waals surface area contributed by atoms with E-state index >= 15 is 0 Å². The number of hydrogen-bond acceptors (Lipinski definition) is 13. The average Bonchev–Trinajstić information content (AvgIpc) is 3.67. The largest absolute Gasteiger partial charge is 0.497 e. The standard InChI is InChI=1S/C53H78O13/c1-11-26-60-40-20-21-50(7)38(49(40,5)6)19-22-52(9)39(50)17-16-35-41-34(30(2)3)18-23-53(41,25-24-51(35,52)8)29-63-47-45(64-31(4)54)43(37(56)28-61-47)66-48-44(42(57)36(55)27-62-48)65-46(58)32-12-14-33(59-10)15-13-32/h11-15,34-45,47-48,55-57H,1-2,16-29H2,3-10H3/t34-,35+,36+,37-,38-,39+,40-,41+,42-,43-,44+,45+,47-,48-,50-,51+,52+,53+/m0/s1. The van der Waals surface area contributed by atoms with E-state index in [9.17, 15) is 24.9 Å². The fourth-order valence-electron chi connectivity index (χ4n) is 15.7. The maximum atomic E-state index is 13.3.